The zero-order valence-electron chi connectivity index (χ0n) is 16.4. The summed E-state index contributed by atoms with van der Waals surface area (Å²) < 4.78 is 5.26. The van der Waals surface area contributed by atoms with Crippen LogP contribution in [-0.2, 0) is 6.54 Å². The number of benzene rings is 1. The molecule has 3 aliphatic heterocycles. The molecule has 3 saturated heterocycles. The van der Waals surface area contributed by atoms with Gasteiger partial charge in [0.15, 0.2) is 0 Å². The highest BCUT2D eigenvalue weighted by Gasteiger charge is 2.55. The van der Waals surface area contributed by atoms with E-state index < -0.39 is 0 Å². The van der Waals surface area contributed by atoms with Gasteiger partial charge < -0.3 is 9.84 Å². The predicted octanol–water partition coefficient (Wildman–Crippen LogP) is 1.66. The summed E-state index contributed by atoms with van der Waals surface area (Å²) in [4.78, 5) is 7.83. The van der Waals surface area contributed by atoms with Crippen molar-refractivity contribution in [3.05, 3.63) is 29.8 Å². The van der Waals surface area contributed by atoms with Gasteiger partial charge in [0.05, 0.1) is 18.8 Å². The lowest BCUT2D eigenvalue weighted by atomic mass is 9.83. The van der Waals surface area contributed by atoms with Crippen molar-refractivity contribution in [1.82, 2.24) is 14.7 Å². The summed E-state index contributed by atoms with van der Waals surface area (Å²) in [6.45, 7) is 12.1. The molecule has 1 aromatic carbocycles. The predicted molar refractivity (Wildman–Crippen MR) is 103 cm³/mol. The van der Waals surface area contributed by atoms with Gasteiger partial charge in [0.25, 0.3) is 0 Å². The molecule has 0 aromatic heterocycles. The number of piperazine rings is 1. The summed E-state index contributed by atoms with van der Waals surface area (Å²) >= 11 is 0. The molecule has 5 heteroatoms. The van der Waals surface area contributed by atoms with Crippen molar-refractivity contribution in [2.24, 2.45) is 5.92 Å². The number of rotatable bonds is 5. The third-order valence-corrected chi connectivity index (χ3v) is 6.21. The number of hydrogen-bond acceptors (Lipinski definition) is 5. The van der Waals surface area contributed by atoms with Gasteiger partial charge >= 0.3 is 0 Å². The number of nitrogens with zero attached hydrogens (tertiary/aromatic N) is 3. The van der Waals surface area contributed by atoms with Gasteiger partial charge in [-0.2, -0.15) is 0 Å². The molecule has 1 aromatic rings. The maximum atomic E-state index is 10.2. The lowest BCUT2D eigenvalue weighted by Crippen LogP contribution is -2.77. The Balaban J connectivity index is 1.41. The van der Waals surface area contributed by atoms with E-state index in [9.17, 15) is 5.11 Å². The van der Waals surface area contributed by atoms with Crippen molar-refractivity contribution >= 4 is 0 Å². The van der Waals surface area contributed by atoms with Crippen LogP contribution in [0.5, 0.6) is 5.75 Å². The fraction of sp³-hybridized carbons (Fsp3) is 0.714. The second-order valence-electron chi connectivity index (χ2n) is 9.00. The first kappa shape index (κ1) is 18.2. The van der Waals surface area contributed by atoms with Crippen molar-refractivity contribution in [1.29, 1.82) is 0 Å². The summed E-state index contributed by atoms with van der Waals surface area (Å²) in [5.74, 6) is 1.61. The molecule has 3 heterocycles. The van der Waals surface area contributed by atoms with Crippen LogP contribution in [-0.4, -0.2) is 83.9 Å². The van der Waals surface area contributed by atoms with Gasteiger partial charge in [0.1, 0.15) is 5.75 Å². The van der Waals surface area contributed by atoms with Crippen LogP contribution in [0.3, 0.4) is 0 Å². The van der Waals surface area contributed by atoms with E-state index in [1.165, 1.54) is 12.1 Å². The second kappa shape index (κ2) is 7.12. The first-order valence-corrected chi connectivity index (χ1v) is 10.00. The van der Waals surface area contributed by atoms with E-state index in [-0.39, 0.29) is 11.6 Å². The highest BCUT2D eigenvalue weighted by molar-refractivity contribution is 5.27. The molecule has 5 nitrogen and oxygen atoms in total. The fourth-order valence-electron chi connectivity index (χ4n) is 5.34. The third-order valence-electron chi connectivity index (χ3n) is 6.21. The maximum absolute atomic E-state index is 10.2. The van der Waals surface area contributed by atoms with Crippen molar-refractivity contribution < 1.29 is 9.84 Å². The molecule has 0 saturated carbocycles. The highest BCUT2D eigenvalue weighted by atomic mass is 16.5. The summed E-state index contributed by atoms with van der Waals surface area (Å²) in [6.07, 6.45) is 0.793. The first-order chi connectivity index (χ1) is 12.5. The Hall–Kier alpha value is -1.14. The molecule has 3 fully saturated rings. The minimum atomic E-state index is -0.147. The minimum absolute atomic E-state index is 0.147. The molecule has 3 aliphatic rings. The average molecular weight is 360 g/mol. The Morgan fingerprint density at radius 2 is 1.81 bits per heavy atom. The Morgan fingerprint density at radius 3 is 2.46 bits per heavy atom. The minimum Gasteiger partial charge on any atom is -0.497 e. The van der Waals surface area contributed by atoms with E-state index in [1.807, 2.05) is 12.1 Å². The number of fused-ring (bicyclic) bond motifs is 2. The van der Waals surface area contributed by atoms with Gasteiger partial charge in [-0.05, 0) is 30.0 Å². The van der Waals surface area contributed by atoms with Gasteiger partial charge in [-0.1, -0.05) is 26.0 Å². The number of hydrogen-bond donors (Lipinski definition) is 1. The summed E-state index contributed by atoms with van der Waals surface area (Å²) in [7, 11) is 1.71. The molecule has 1 spiro atoms. The third kappa shape index (κ3) is 3.50. The van der Waals surface area contributed by atoms with Crippen molar-refractivity contribution in [3.63, 3.8) is 0 Å². The van der Waals surface area contributed by atoms with Gasteiger partial charge in [-0.25, -0.2) is 0 Å². The smallest absolute Gasteiger partial charge is 0.118 e. The molecule has 144 valence electrons. The molecular weight excluding hydrogens is 326 g/mol. The summed E-state index contributed by atoms with van der Waals surface area (Å²) in [5, 5.41) is 10.2. The normalized spacial score (nSPS) is 29.1. The largest absolute Gasteiger partial charge is 0.497 e. The van der Waals surface area contributed by atoms with Crippen molar-refractivity contribution in [2.75, 3.05) is 46.4 Å². The molecule has 2 atom stereocenters. The van der Waals surface area contributed by atoms with Gasteiger partial charge in [-0.15, -0.1) is 0 Å². The van der Waals surface area contributed by atoms with Crippen molar-refractivity contribution in [2.45, 2.75) is 44.5 Å². The molecule has 1 N–H and O–H groups in total. The van der Waals surface area contributed by atoms with Crippen LogP contribution in [0, 0.1) is 5.92 Å². The number of ether oxygens (including phenoxy) is 1. The number of methoxy groups -OCH3 is 1. The maximum Gasteiger partial charge on any atom is 0.118 e. The second-order valence-corrected chi connectivity index (χ2v) is 9.00. The molecule has 0 unspecified atom stereocenters. The monoisotopic (exact) mass is 359 g/mol. The van der Waals surface area contributed by atoms with E-state index >= 15 is 0 Å². The Bertz CT molecular complexity index is 612. The van der Waals surface area contributed by atoms with E-state index in [1.54, 1.807) is 7.11 Å². The lowest BCUT2D eigenvalue weighted by Gasteiger charge is -2.61. The first-order valence-electron chi connectivity index (χ1n) is 10.00. The molecular formula is C21H33N3O2. The Morgan fingerprint density at radius 1 is 1.12 bits per heavy atom. The zero-order chi connectivity index (χ0) is 18.3. The summed E-state index contributed by atoms with van der Waals surface area (Å²) in [5.41, 5.74) is 1.58. The topological polar surface area (TPSA) is 39.2 Å². The number of β-amino-alcohol motifs (C(OH)–C–C–N with tert-alkyl or cyclic N) is 1. The van der Waals surface area contributed by atoms with E-state index in [0.29, 0.717) is 12.0 Å². The van der Waals surface area contributed by atoms with E-state index in [2.05, 4.69) is 40.7 Å². The molecule has 0 bridgehead atoms. The average Bonchev–Trinajstić information content (AvgIpc) is 2.94. The van der Waals surface area contributed by atoms with Crippen LogP contribution in [0.25, 0.3) is 0 Å². The number of aliphatic hydroxyl groups excluding tert-OH is 1. The van der Waals surface area contributed by atoms with Crippen LogP contribution in [0.4, 0.5) is 0 Å². The fourth-order valence-corrected chi connectivity index (χ4v) is 5.34. The van der Waals surface area contributed by atoms with E-state index in [0.717, 1.165) is 51.4 Å². The zero-order valence-corrected chi connectivity index (χ0v) is 16.4. The lowest BCUT2D eigenvalue weighted by molar-refractivity contribution is -0.117. The molecule has 26 heavy (non-hydrogen) atoms. The quantitative estimate of drug-likeness (QED) is 0.866. The van der Waals surface area contributed by atoms with Gasteiger partial charge in [0.2, 0.25) is 0 Å². The van der Waals surface area contributed by atoms with Crippen LogP contribution >= 0.6 is 0 Å². The molecule has 0 amide bonds. The standard InChI is InChI=1S/C21H33N3O2/c1-16(2)9-22-11-18-8-19(25)12-24(18)21(13-22)14-23(15-21)10-17-4-6-20(26-3)7-5-17/h4-7,16,18-19,25H,8-15H2,1-3H3/t18-,19+/m0/s1. The number of aliphatic hydroxyl groups is 1. The number of likely N-dealkylation sites (tertiary alicyclic amines) is 1. The SMILES string of the molecule is COc1ccc(CN2CC3(CN(CC(C)C)C[C@@H]4C[C@@H](O)CN43)C2)cc1. The van der Waals surface area contributed by atoms with Gasteiger partial charge in [-0.3, -0.25) is 14.7 Å². The Labute approximate surface area is 157 Å². The molecule has 0 aliphatic carbocycles. The molecule has 0 radical (unpaired) electrons. The van der Waals surface area contributed by atoms with Crippen molar-refractivity contribution in [3.8, 4) is 5.75 Å². The Kier molecular flexibility index (Phi) is 4.99. The molecule has 4 rings (SSSR count). The van der Waals surface area contributed by atoms with Crippen LogP contribution < -0.4 is 4.74 Å². The van der Waals surface area contributed by atoms with Crippen LogP contribution in [0.15, 0.2) is 24.3 Å². The van der Waals surface area contributed by atoms with Crippen LogP contribution in [0.1, 0.15) is 25.8 Å². The van der Waals surface area contributed by atoms with Gasteiger partial charge in [0, 0.05) is 51.9 Å². The van der Waals surface area contributed by atoms with E-state index in [4.69, 9.17) is 4.74 Å². The highest BCUT2D eigenvalue weighted by Crippen LogP contribution is 2.39. The summed E-state index contributed by atoms with van der Waals surface area (Å²) in [6, 6.07) is 8.95. The van der Waals surface area contributed by atoms with Crippen LogP contribution in [0.2, 0.25) is 0 Å².